The lowest BCUT2D eigenvalue weighted by Gasteiger charge is -2.10. The van der Waals surface area contributed by atoms with E-state index in [1.165, 1.54) is 6.07 Å². The molecule has 3 aromatic rings. The van der Waals surface area contributed by atoms with Gasteiger partial charge < -0.3 is 10.1 Å². The van der Waals surface area contributed by atoms with Crippen LogP contribution >= 0.6 is 11.3 Å². The number of ether oxygens (including phenoxy) is 1. The van der Waals surface area contributed by atoms with Crippen LogP contribution in [-0.4, -0.2) is 19.3 Å². The molecule has 7 nitrogen and oxygen atoms in total. The molecular weight excluding hydrogens is 398 g/mol. The molecule has 0 saturated carbocycles. The standard InChI is InChI=1S/C19H19N3O4S2/c1-12-3-6-15(9-18(12)28(20,24)25)22-19(23)14-4-7-17(8-5-14)26-10-16-11-27-13(2)21-16/h3-9,11H,10H2,1-2H3,(H,22,23)(H2,20,24,25). The number of carbonyl (C=O) groups excluding carboxylic acids is 1. The van der Waals surface area contributed by atoms with E-state index in [1.807, 2.05) is 12.3 Å². The van der Waals surface area contributed by atoms with Gasteiger partial charge in [-0.2, -0.15) is 0 Å². The molecule has 0 bridgehead atoms. The van der Waals surface area contributed by atoms with E-state index >= 15 is 0 Å². The van der Waals surface area contributed by atoms with Gasteiger partial charge in [0.25, 0.3) is 5.91 Å². The maximum absolute atomic E-state index is 12.4. The molecule has 9 heteroatoms. The van der Waals surface area contributed by atoms with Crippen molar-refractivity contribution in [1.82, 2.24) is 4.98 Å². The van der Waals surface area contributed by atoms with Crippen molar-refractivity contribution in [3.8, 4) is 5.75 Å². The fourth-order valence-corrected chi connectivity index (χ4v) is 3.93. The van der Waals surface area contributed by atoms with Crippen molar-refractivity contribution in [2.45, 2.75) is 25.3 Å². The number of hydrogen-bond donors (Lipinski definition) is 2. The van der Waals surface area contributed by atoms with Gasteiger partial charge in [-0.15, -0.1) is 11.3 Å². The van der Waals surface area contributed by atoms with Crippen molar-refractivity contribution >= 4 is 33.0 Å². The Balaban J connectivity index is 1.66. The number of rotatable bonds is 6. The first kappa shape index (κ1) is 20.0. The first-order valence-corrected chi connectivity index (χ1v) is 10.7. The van der Waals surface area contributed by atoms with Crippen LogP contribution in [0.4, 0.5) is 5.69 Å². The molecule has 0 spiro atoms. The highest BCUT2D eigenvalue weighted by Gasteiger charge is 2.14. The highest BCUT2D eigenvalue weighted by atomic mass is 32.2. The number of primary sulfonamides is 1. The number of aryl methyl sites for hydroxylation is 2. The number of nitrogens with zero attached hydrogens (tertiary/aromatic N) is 1. The van der Waals surface area contributed by atoms with Gasteiger partial charge in [-0.05, 0) is 55.8 Å². The monoisotopic (exact) mass is 417 g/mol. The van der Waals surface area contributed by atoms with Gasteiger partial charge in [0, 0.05) is 16.6 Å². The van der Waals surface area contributed by atoms with Gasteiger partial charge in [-0.3, -0.25) is 4.79 Å². The van der Waals surface area contributed by atoms with E-state index in [0.717, 1.165) is 10.7 Å². The third-order valence-electron chi connectivity index (χ3n) is 3.92. The minimum Gasteiger partial charge on any atom is -0.487 e. The molecule has 1 amide bonds. The van der Waals surface area contributed by atoms with E-state index in [9.17, 15) is 13.2 Å². The summed E-state index contributed by atoms with van der Waals surface area (Å²) in [5.74, 6) is 0.250. The molecule has 28 heavy (non-hydrogen) atoms. The van der Waals surface area contributed by atoms with Crippen LogP contribution in [0.5, 0.6) is 5.75 Å². The highest BCUT2D eigenvalue weighted by Crippen LogP contribution is 2.20. The van der Waals surface area contributed by atoms with Crippen LogP contribution in [0.3, 0.4) is 0 Å². The molecule has 0 radical (unpaired) electrons. The summed E-state index contributed by atoms with van der Waals surface area (Å²) in [7, 11) is -3.86. The van der Waals surface area contributed by atoms with E-state index < -0.39 is 10.0 Å². The molecule has 1 aromatic heterocycles. The van der Waals surface area contributed by atoms with E-state index in [-0.39, 0.29) is 10.8 Å². The summed E-state index contributed by atoms with van der Waals surface area (Å²) in [4.78, 5) is 16.7. The van der Waals surface area contributed by atoms with Gasteiger partial charge >= 0.3 is 0 Å². The van der Waals surface area contributed by atoms with E-state index in [0.29, 0.717) is 29.2 Å². The lowest BCUT2D eigenvalue weighted by molar-refractivity contribution is 0.102. The molecule has 0 fully saturated rings. The summed E-state index contributed by atoms with van der Waals surface area (Å²) in [5, 5.41) is 10.8. The molecule has 0 aliphatic rings. The Labute approximate surface area is 167 Å². The molecule has 2 aromatic carbocycles. The zero-order valence-corrected chi connectivity index (χ0v) is 16.9. The van der Waals surface area contributed by atoms with E-state index in [2.05, 4.69) is 10.3 Å². The maximum atomic E-state index is 12.4. The predicted molar refractivity (Wildman–Crippen MR) is 108 cm³/mol. The summed E-state index contributed by atoms with van der Waals surface area (Å²) in [6.45, 7) is 3.92. The van der Waals surface area contributed by atoms with Crippen LogP contribution in [0.15, 0.2) is 52.7 Å². The second-order valence-corrected chi connectivity index (χ2v) is 8.74. The normalized spacial score (nSPS) is 11.2. The molecule has 0 atom stereocenters. The van der Waals surface area contributed by atoms with Crippen LogP contribution < -0.4 is 15.2 Å². The van der Waals surface area contributed by atoms with Crippen LogP contribution in [-0.2, 0) is 16.6 Å². The van der Waals surface area contributed by atoms with Crippen molar-refractivity contribution in [2.75, 3.05) is 5.32 Å². The second kappa shape index (κ2) is 8.09. The summed E-state index contributed by atoms with van der Waals surface area (Å²) < 4.78 is 28.9. The lowest BCUT2D eigenvalue weighted by atomic mass is 10.2. The average Bonchev–Trinajstić information content (AvgIpc) is 3.06. The fraction of sp³-hybridized carbons (Fsp3) is 0.158. The van der Waals surface area contributed by atoms with Gasteiger partial charge in [0.1, 0.15) is 12.4 Å². The van der Waals surface area contributed by atoms with Crippen molar-refractivity contribution in [1.29, 1.82) is 0 Å². The van der Waals surface area contributed by atoms with Crippen LogP contribution in [0.1, 0.15) is 26.6 Å². The Hall–Kier alpha value is -2.75. The molecule has 3 rings (SSSR count). The van der Waals surface area contributed by atoms with Crippen LogP contribution in [0.2, 0.25) is 0 Å². The topological polar surface area (TPSA) is 111 Å². The van der Waals surface area contributed by atoms with Crippen molar-refractivity contribution in [3.63, 3.8) is 0 Å². The van der Waals surface area contributed by atoms with Gasteiger partial charge in [0.05, 0.1) is 15.6 Å². The molecule has 1 heterocycles. The van der Waals surface area contributed by atoms with Crippen molar-refractivity contribution < 1.29 is 17.9 Å². The number of benzene rings is 2. The number of hydrogen-bond acceptors (Lipinski definition) is 6. The van der Waals surface area contributed by atoms with Crippen LogP contribution in [0, 0.1) is 13.8 Å². The lowest BCUT2D eigenvalue weighted by Crippen LogP contribution is -2.16. The summed E-state index contributed by atoms with van der Waals surface area (Å²) in [6, 6.07) is 11.2. The molecule has 0 unspecified atom stereocenters. The number of thiazole rings is 1. The average molecular weight is 418 g/mol. The third-order valence-corrected chi connectivity index (χ3v) is 5.80. The third kappa shape index (κ3) is 4.94. The number of aromatic nitrogens is 1. The SMILES string of the molecule is Cc1nc(COc2ccc(C(=O)Nc3ccc(C)c(S(N)(=O)=O)c3)cc2)cs1. The highest BCUT2D eigenvalue weighted by molar-refractivity contribution is 7.89. The number of nitrogens with one attached hydrogen (secondary N) is 1. The Morgan fingerprint density at radius 3 is 2.50 bits per heavy atom. The molecule has 146 valence electrons. The number of amides is 1. The minimum absolute atomic E-state index is 0.0219. The smallest absolute Gasteiger partial charge is 0.255 e. The summed E-state index contributed by atoms with van der Waals surface area (Å²) in [6.07, 6.45) is 0. The maximum Gasteiger partial charge on any atom is 0.255 e. The Morgan fingerprint density at radius 1 is 1.18 bits per heavy atom. The zero-order valence-electron chi connectivity index (χ0n) is 15.3. The molecule has 0 aliphatic heterocycles. The van der Waals surface area contributed by atoms with Crippen molar-refractivity contribution in [2.24, 2.45) is 5.14 Å². The first-order chi connectivity index (χ1) is 13.2. The second-order valence-electron chi connectivity index (χ2n) is 6.15. The predicted octanol–water partition coefficient (Wildman–Crippen LogP) is 3.24. The number of sulfonamides is 1. The largest absolute Gasteiger partial charge is 0.487 e. The molecule has 0 aliphatic carbocycles. The zero-order chi connectivity index (χ0) is 20.3. The van der Waals surface area contributed by atoms with Crippen LogP contribution in [0.25, 0.3) is 0 Å². The Bertz CT molecular complexity index is 1110. The molecular formula is C19H19N3O4S2. The number of carbonyl (C=O) groups is 1. The number of anilines is 1. The van der Waals surface area contributed by atoms with E-state index in [1.54, 1.807) is 54.7 Å². The minimum atomic E-state index is -3.86. The quantitative estimate of drug-likeness (QED) is 0.639. The molecule has 0 saturated heterocycles. The fourth-order valence-electron chi connectivity index (χ4n) is 2.52. The Morgan fingerprint density at radius 2 is 1.89 bits per heavy atom. The van der Waals surface area contributed by atoms with Crippen molar-refractivity contribution in [3.05, 3.63) is 69.7 Å². The van der Waals surface area contributed by atoms with Gasteiger partial charge in [0.15, 0.2) is 0 Å². The number of nitrogens with two attached hydrogens (primary N) is 1. The van der Waals surface area contributed by atoms with Gasteiger partial charge in [-0.1, -0.05) is 6.07 Å². The molecule has 3 N–H and O–H groups in total. The van der Waals surface area contributed by atoms with Gasteiger partial charge in [-0.25, -0.2) is 18.5 Å². The Kier molecular flexibility index (Phi) is 5.78. The van der Waals surface area contributed by atoms with Gasteiger partial charge in [0.2, 0.25) is 10.0 Å². The van der Waals surface area contributed by atoms with E-state index in [4.69, 9.17) is 9.88 Å². The summed E-state index contributed by atoms with van der Waals surface area (Å²) >= 11 is 1.56. The first-order valence-electron chi connectivity index (χ1n) is 8.31. The summed E-state index contributed by atoms with van der Waals surface area (Å²) in [5.41, 5.74) is 2.13.